The molecular weight excluding hydrogens is 302 g/mol. The summed E-state index contributed by atoms with van der Waals surface area (Å²) in [4.78, 5) is 33.3. The molecule has 1 aromatic rings. The van der Waals surface area contributed by atoms with Gasteiger partial charge in [0.25, 0.3) is 11.8 Å². The summed E-state index contributed by atoms with van der Waals surface area (Å²) in [6, 6.07) is 3.39. The Morgan fingerprint density at radius 2 is 1.42 bits per heavy atom. The van der Waals surface area contributed by atoms with E-state index in [0.29, 0.717) is 23.1 Å². The van der Waals surface area contributed by atoms with Crippen molar-refractivity contribution in [3.63, 3.8) is 0 Å². The summed E-state index contributed by atoms with van der Waals surface area (Å²) in [5, 5.41) is 0. The highest BCUT2D eigenvalue weighted by molar-refractivity contribution is 5.98. The molecule has 0 N–H and O–H groups in total. The molecule has 2 fully saturated rings. The minimum atomic E-state index is -0.0520. The maximum absolute atomic E-state index is 12.7. The first kappa shape index (κ1) is 16.9. The first-order chi connectivity index (χ1) is 11.5. The number of nitrogens with zero attached hydrogens (tertiary/aromatic N) is 3. The zero-order valence-electron chi connectivity index (χ0n) is 14.7. The lowest BCUT2D eigenvalue weighted by atomic mass is 9.98. The van der Waals surface area contributed by atoms with E-state index in [-0.39, 0.29) is 11.8 Å². The van der Waals surface area contributed by atoms with E-state index in [2.05, 4.69) is 18.8 Å². The summed E-state index contributed by atoms with van der Waals surface area (Å²) in [6.07, 6.45) is 5.76. The Hall–Kier alpha value is -1.91. The van der Waals surface area contributed by atoms with E-state index in [1.165, 1.54) is 0 Å². The highest BCUT2D eigenvalue weighted by Crippen LogP contribution is 2.20. The summed E-state index contributed by atoms with van der Waals surface area (Å²) in [7, 11) is 0. The number of carbonyl (C=O) groups excluding carboxylic acids is 2. The minimum Gasteiger partial charge on any atom is -0.339 e. The lowest BCUT2D eigenvalue weighted by Gasteiger charge is -2.31. The van der Waals surface area contributed by atoms with Crippen LogP contribution in [-0.2, 0) is 0 Å². The molecule has 0 atom stereocenters. The standard InChI is InChI=1S/C19H27N3O2/c1-14-4-9-21(10-5-14)18(23)16-3-8-20-17(13-16)19(24)22-11-6-15(2)7-12-22/h3,8,13-15H,4-7,9-12H2,1-2H3. The van der Waals surface area contributed by atoms with Gasteiger partial charge < -0.3 is 9.80 Å². The zero-order valence-corrected chi connectivity index (χ0v) is 14.7. The first-order valence-electron chi connectivity index (χ1n) is 9.09. The van der Waals surface area contributed by atoms with Gasteiger partial charge in [0, 0.05) is 37.9 Å². The number of amides is 2. The lowest BCUT2D eigenvalue weighted by Crippen LogP contribution is -2.39. The Bertz CT molecular complexity index is 551. The fourth-order valence-electron chi connectivity index (χ4n) is 3.45. The van der Waals surface area contributed by atoms with Crippen molar-refractivity contribution in [1.82, 2.24) is 14.8 Å². The van der Waals surface area contributed by atoms with Crippen LogP contribution in [0.25, 0.3) is 0 Å². The van der Waals surface area contributed by atoms with E-state index in [1.807, 2.05) is 9.80 Å². The Morgan fingerprint density at radius 3 is 1.96 bits per heavy atom. The fourth-order valence-corrected chi connectivity index (χ4v) is 3.45. The first-order valence-corrected chi connectivity index (χ1v) is 9.09. The number of hydrogen-bond donors (Lipinski definition) is 0. The third-order valence-corrected chi connectivity index (χ3v) is 5.37. The molecule has 0 spiro atoms. The highest BCUT2D eigenvalue weighted by atomic mass is 16.2. The van der Waals surface area contributed by atoms with Crippen LogP contribution in [0.4, 0.5) is 0 Å². The van der Waals surface area contributed by atoms with Crippen LogP contribution < -0.4 is 0 Å². The van der Waals surface area contributed by atoms with E-state index >= 15 is 0 Å². The van der Waals surface area contributed by atoms with Gasteiger partial charge in [0.1, 0.15) is 5.69 Å². The van der Waals surface area contributed by atoms with Crippen molar-refractivity contribution in [2.24, 2.45) is 11.8 Å². The molecule has 5 nitrogen and oxygen atoms in total. The van der Waals surface area contributed by atoms with Crippen LogP contribution in [0.3, 0.4) is 0 Å². The Labute approximate surface area is 144 Å². The monoisotopic (exact) mass is 329 g/mol. The van der Waals surface area contributed by atoms with Crippen molar-refractivity contribution in [3.05, 3.63) is 29.6 Å². The molecule has 2 amide bonds. The number of piperidine rings is 2. The predicted octanol–water partition coefficient (Wildman–Crippen LogP) is 2.83. The van der Waals surface area contributed by atoms with Crippen molar-refractivity contribution in [2.75, 3.05) is 26.2 Å². The van der Waals surface area contributed by atoms with Gasteiger partial charge in [-0.3, -0.25) is 14.6 Å². The smallest absolute Gasteiger partial charge is 0.272 e. The van der Waals surface area contributed by atoms with E-state index in [9.17, 15) is 9.59 Å². The van der Waals surface area contributed by atoms with Gasteiger partial charge >= 0.3 is 0 Å². The van der Waals surface area contributed by atoms with Crippen molar-refractivity contribution >= 4 is 11.8 Å². The summed E-state index contributed by atoms with van der Waals surface area (Å²) in [6.45, 7) is 7.61. The zero-order chi connectivity index (χ0) is 17.1. The van der Waals surface area contributed by atoms with Gasteiger partial charge in [0.05, 0.1) is 0 Å². The third-order valence-electron chi connectivity index (χ3n) is 5.37. The van der Waals surface area contributed by atoms with Crippen molar-refractivity contribution in [1.29, 1.82) is 0 Å². The number of hydrogen-bond acceptors (Lipinski definition) is 3. The maximum atomic E-state index is 12.7. The van der Waals surface area contributed by atoms with Gasteiger partial charge in [-0.25, -0.2) is 0 Å². The van der Waals surface area contributed by atoms with Crippen LogP contribution in [-0.4, -0.2) is 52.8 Å². The fraction of sp³-hybridized carbons (Fsp3) is 0.632. The highest BCUT2D eigenvalue weighted by Gasteiger charge is 2.25. The van der Waals surface area contributed by atoms with E-state index in [1.54, 1.807) is 18.3 Å². The molecule has 2 saturated heterocycles. The van der Waals surface area contributed by atoms with E-state index < -0.39 is 0 Å². The summed E-state index contributed by atoms with van der Waals surface area (Å²) in [5.74, 6) is 1.33. The molecule has 0 saturated carbocycles. The molecule has 5 heteroatoms. The van der Waals surface area contributed by atoms with Gasteiger partial charge in [-0.15, -0.1) is 0 Å². The number of carbonyl (C=O) groups is 2. The van der Waals surface area contributed by atoms with Crippen molar-refractivity contribution < 1.29 is 9.59 Å². The van der Waals surface area contributed by atoms with Gasteiger partial charge in [-0.2, -0.15) is 0 Å². The molecule has 130 valence electrons. The average Bonchev–Trinajstić information content (AvgIpc) is 2.62. The van der Waals surface area contributed by atoms with Crippen LogP contribution in [0.1, 0.15) is 60.4 Å². The predicted molar refractivity (Wildman–Crippen MR) is 92.8 cm³/mol. The lowest BCUT2D eigenvalue weighted by molar-refractivity contribution is 0.0690. The number of pyridine rings is 1. The van der Waals surface area contributed by atoms with Crippen LogP contribution in [0.15, 0.2) is 18.3 Å². The summed E-state index contributed by atoms with van der Waals surface area (Å²) < 4.78 is 0. The molecular formula is C19H27N3O2. The van der Waals surface area contributed by atoms with Gasteiger partial charge in [-0.05, 0) is 49.7 Å². The number of rotatable bonds is 2. The van der Waals surface area contributed by atoms with E-state index in [0.717, 1.165) is 51.9 Å². The number of aromatic nitrogens is 1. The van der Waals surface area contributed by atoms with Gasteiger partial charge in [-0.1, -0.05) is 13.8 Å². The Morgan fingerprint density at radius 1 is 0.917 bits per heavy atom. The molecule has 0 radical (unpaired) electrons. The van der Waals surface area contributed by atoms with Crippen LogP contribution >= 0.6 is 0 Å². The molecule has 3 rings (SSSR count). The second-order valence-corrected chi connectivity index (χ2v) is 7.38. The summed E-state index contributed by atoms with van der Waals surface area (Å²) in [5.41, 5.74) is 0.967. The second kappa shape index (κ2) is 7.32. The third kappa shape index (κ3) is 3.77. The van der Waals surface area contributed by atoms with Crippen molar-refractivity contribution in [3.8, 4) is 0 Å². The van der Waals surface area contributed by atoms with Crippen LogP contribution in [0, 0.1) is 11.8 Å². The molecule has 2 aliphatic heterocycles. The maximum Gasteiger partial charge on any atom is 0.272 e. The Kier molecular flexibility index (Phi) is 5.17. The van der Waals surface area contributed by atoms with Crippen molar-refractivity contribution in [2.45, 2.75) is 39.5 Å². The molecule has 2 aliphatic rings. The SMILES string of the molecule is CC1CCN(C(=O)c2ccnc(C(=O)N3CCC(C)CC3)c2)CC1. The molecule has 0 aliphatic carbocycles. The minimum absolute atomic E-state index is 0.0191. The normalized spacial score (nSPS) is 20.2. The Balaban J connectivity index is 1.69. The van der Waals surface area contributed by atoms with E-state index in [4.69, 9.17) is 0 Å². The van der Waals surface area contributed by atoms with Crippen LogP contribution in [0.2, 0.25) is 0 Å². The van der Waals surface area contributed by atoms with Gasteiger partial charge in [0.15, 0.2) is 0 Å². The molecule has 24 heavy (non-hydrogen) atoms. The van der Waals surface area contributed by atoms with Gasteiger partial charge in [0.2, 0.25) is 0 Å². The molecule has 0 unspecified atom stereocenters. The largest absolute Gasteiger partial charge is 0.339 e. The second-order valence-electron chi connectivity index (χ2n) is 7.38. The molecule has 3 heterocycles. The number of likely N-dealkylation sites (tertiary alicyclic amines) is 2. The quantitative estimate of drug-likeness (QED) is 0.838. The van der Waals surface area contributed by atoms with Crippen LogP contribution in [0.5, 0.6) is 0 Å². The molecule has 1 aromatic heterocycles. The molecule has 0 bridgehead atoms. The topological polar surface area (TPSA) is 53.5 Å². The summed E-state index contributed by atoms with van der Waals surface area (Å²) >= 11 is 0. The molecule has 0 aromatic carbocycles. The average molecular weight is 329 g/mol.